The van der Waals surface area contributed by atoms with E-state index in [-0.39, 0.29) is 0 Å². The van der Waals surface area contributed by atoms with Crippen LogP contribution in [0.1, 0.15) is 0 Å². The fourth-order valence-corrected chi connectivity index (χ4v) is 3.45. The molecule has 0 unspecified atom stereocenters. The number of likely N-dealkylation sites (N-methyl/N-ethyl adjacent to an activating group) is 1. The summed E-state index contributed by atoms with van der Waals surface area (Å²) in [5, 5.41) is 7.94. The van der Waals surface area contributed by atoms with Crippen LogP contribution in [0.4, 0.5) is 5.82 Å². The monoisotopic (exact) mass is 379 g/mol. The maximum absolute atomic E-state index is 5.26. The number of ether oxygens (including phenoxy) is 1. The number of aromatic amines is 1. The first-order chi connectivity index (χ1) is 13.3. The first-order valence-corrected chi connectivity index (χ1v) is 9.36. The van der Waals surface area contributed by atoms with Crippen LogP contribution in [0.3, 0.4) is 0 Å². The van der Waals surface area contributed by atoms with Gasteiger partial charge in [-0.15, -0.1) is 0 Å². The second-order valence-electron chi connectivity index (χ2n) is 6.56. The van der Waals surface area contributed by atoms with Crippen LogP contribution < -0.4 is 9.64 Å². The number of anilines is 1. The molecule has 0 radical (unpaired) electrons. The Balaban J connectivity index is 1.76. The zero-order chi connectivity index (χ0) is 18.6. The standard InChI is InChI=1S/C20H21N5OS/c1-24-10-12-25(13-11-24)20-18(15-6-8-21-9-7-15)19(22-23-20)16-2-4-17(5-3-16)26-14-27/h2-9,14H,10-13H2,1H3,(H,22,23). The molecule has 0 atom stereocenters. The predicted octanol–water partition coefficient (Wildman–Crippen LogP) is 3.23. The average molecular weight is 379 g/mol. The molecule has 138 valence electrons. The number of H-pyrrole nitrogens is 1. The summed E-state index contributed by atoms with van der Waals surface area (Å²) in [7, 11) is 2.15. The zero-order valence-corrected chi connectivity index (χ0v) is 15.9. The number of thiocarbonyl (C=S) groups is 1. The number of hydrogen-bond donors (Lipinski definition) is 1. The van der Waals surface area contributed by atoms with E-state index in [4.69, 9.17) is 17.0 Å². The van der Waals surface area contributed by atoms with Crippen molar-refractivity contribution in [2.24, 2.45) is 0 Å². The summed E-state index contributed by atoms with van der Waals surface area (Å²) in [6, 6.07) is 11.9. The Labute approximate surface area is 163 Å². The van der Waals surface area contributed by atoms with Gasteiger partial charge in [0.1, 0.15) is 5.75 Å². The molecular formula is C20H21N5OS. The third-order valence-corrected chi connectivity index (χ3v) is 4.94. The molecule has 1 N–H and O–H groups in total. The summed E-state index contributed by atoms with van der Waals surface area (Å²) >= 11 is 4.75. The van der Waals surface area contributed by atoms with Crippen molar-refractivity contribution in [2.75, 3.05) is 38.1 Å². The van der Waals surface area contributed by atoms with Crippen LogP contribution in [0.25, 0.3) is 22.4 Å². The smallest absolute Gasteiger partial charge is 0.159 e. The molecule has 2 aromatic heterocycles. The largest absolute Gasteiger partial charge is 0.454 e. The first kappa shape index (κ1) is 17.6. The molecular weight excluding hydrogens is 358 g/mol. The SMILES string of the molecule is CN1CCN(c2n[nH]c(-c3ccc(OC=S)cc3)c2-c2ccncc2)CC1. The average Bonchev–Trinajstić information content (AvgIpc) is 3.15. The van der Waals surface area contributed by atoms with Crippen LogP contribution in [0.15, 0.2) is 48.8 Å². The van der Waals surface area contributed by atoms with Gasteiger partial charge in [0.2, 0.25) is 0 Å². The molecule has 7 heteroatoms. The number of piperazine rings is 1. The van der Waals surface area contributed by atoms with Gasteiger partial charge in [-0.1, -0.05) is 0 Å². The summed E-state index contributed by atoms with van der Waals surface area (Å²) < 4.78 is 5.26. The van der Waals surface area contributed by atoms with Crippen LogP contribution in [0.2, 0.25) is 0 Å². The van der Waals surface area contributed by atoms with Crippen molar-refractivity contribution in [3.8, 4) is 28.1 Å². The molecule has 0 amide bonds. The highest BCUT2D eigenvalue weighted by Gasteiger charge is 2.23. The maximum Gasteiger partial charge on any atom is 0.159 e. The van der Waals surface area contributed by atoms with Gasteiger partial charge >= 0.3 is 0 Å². The molecule has 6 nitrogen and oxygen atoms in total. The van der Waals surface area contributed by atoms with Crippen molar-refractivity contribution in [1.29, 1.82) is 0 Å². The summed E-state index contributed by atoms with van der Waals surface area (Å²) in [6.45, 7) is 3.98. The second kappa shape index (κ2) is 7.85. The van der Waals surface area contributed by atoms with Crippen LogP contribution in [-0.4, -0.2) is 58.9 Å². The highest BCUT2D eigenvalue weighted by Crippen LogP contribution is 2.38. The number of pyridine rings is 1. The third-order valence-electron chi connectivity index (χ3n) is 4.85. The topological polar surface area (TPSA) is 57.3 Å². The summed E-state index contributed by atoms with van der Waals surface area (Å²) in [4.78, 5) is 8.85. The lowest BCUT2D eigenvalue weighted by Gasteiger charge is -2.33. The Bertz CT molecular complexity index is 902. The van der Waals surface area contributed by atoms with Crippen LogP contribution in [-0.2, 0) is 0 Å². The Morgan fingerprint density at radius 2 is 1.70 bits per heavy atom. The van der Waals surface area contributed by atoms with Crippen molar-refractivity contribution in [2.45, 2.75) is 0 Å². The number of benzene rings is 1. The molecule has 1 aliphatic heterocycles. The van der Waals surface area contributed by atoms with Crippen molar-refractivity contribution in [3.05, 3.63) is 48.8 Å². The maximum atomic E-state index is 5.26. The summed E-state index contributed by atoms with van der Waals surface area (Å²) in [6.07, 6.45) is 3.63. The molecule has 0 aliphatic carbocycles. The van der Waals surface area contributed by atoms with E-state index in [1.54, 1.807) is 0 Å². The molecule has 27 heavy (non-hydrogen) atoms. The fourth-order valence-electron chi connectivity index (χ4n) is 3.34. The van der Waals surface area contributed by atoms with E-state index in [0.717, 1.165) is 60.1 Å². The molecule has 0 spiro atoms. The Kier molecular flexibility index (Phi) is 5.13. The number of hydrogen-bond acceptors (Lipinski definition) is 6. The van der Waals surface area contributed by atoms with Gasteiger partial charge in [-0.05, 0) is 61.2 Å². The highest BCUT2D eigenvalue weighted by atomic mass is 32.1. The number of aromatic nitrogens is 3. The zero-order valence-electron chi connectivity index (χ0n) is 15.1. The molecule has 1 saturated heterocycles. The van der Waals surface area contributed by atoms with Crippen molar-refractivity contribution < 1.29 is 4.74 Å². The molecule has 4 rings (SSSR count). The van der Waals surface area contributed by atoms with E-state index in [2.05, 4.69) is 32.0 Å². The normalized spacial score (nSPS) is 14.9. The molecule has 0 saturated carbocycles. The molecule has 0 bridgehead atoms. The molecule has 1 aliphatic rings. The van der Waals surface area contributed by atoms with E-state index < -0.39 is 0 Å². The van der Waals surface area contributed by atoms with E-state index in [9.17, 15) is 0 Å². The van der Waals surface area contributed by atoms with Gasteiger partial charge in [0, 0.05) is 44.1 Å². The quantitative estimate of drug-likeness (QED) is 0.687. The third kappa shape index (κ3) is 3.70. The molecule has 1 aromatic carbocycles. The summed E-state index contributed by atoms with van der Waals surface area (Å²) in [5.41, 5.74) is 5.50. The minimum absolute atomic E-state index is 0.720. The van der Waals surface area contributed by atoms with Crippen LogP contribution >= 0.6 is 12.2 Å². The van der Waals surface area contributed by atoms with Gasteiger partial charge < -0.3 is 14.5 Å². The predicted molar refractivity (Wildman–Crippen MR) is 111 cm³/mol. The molecule has 3 aromatic rings. The lowest BCUT2D eigenvalue weighted by molar-refractivity contribution is 0.312. The lowest BCUT2D eigenvalue weighted by atomic mass is 10.0. The minimum atomic E-state index is 0.720. The Hall–Kier alpha value is -2.77. The van der Waals surface area contributed by atoms with Crippen LogP contribution in [0.5, 0.6) is 5.75 Å². The Morgan fingerprint density at radius 3 is 2.37 bits per heavy atom. The van der Waals surface area contributed by atoms with Gasteiger partial charge in [0.05, 0.1) is 11.3 Å². The van der Waals surface area contributed by atoms with Gasteiger partial charge in [-0.3, -0.25) is 10.1 Å². The minimum Gasteiger partial charge on any atom is -0.454 e. The Morgan fingerprint density at radius 1 is 1.00 bits per heavy atom. The van der Waals surface area contributed by atoms with Crippen molar-refractivity contribution in [3.63, 3.8) is 0 Å². The van der Waals surface area contributed by atoms with E-state index >= 15 is 0 Å². The van der Waals surface area contributed by atoms with Gasteiger partial charge in [-0.25, -0.2) is 0 Å². The number of nitrogens with one attached hydrogen (secondary N) is 1. The first-order valence-electron chi connectivity index (χ1n) is 8.89. The van der Waals surface area contributed by atoms with E-state index in [1.807, 2.05) is 48.8 Å². The van der Waals surface area contributed by atoms with E-state index in [1.165, 1.54) is 5.55 Å². The fraction of sp³-hybridized carbons (Fsp3) is 0.250. The summed E-state index contributed by atoms with van der Waals surface area (Å²) in [5.74, 6) is 1.71. The van der Waals surface area contributed by atoms with Crippen molar-refractivity contribution in [1.82, 2.24) is 20.1 Å². The lowest BCUT2D eigenvalue weighted by Crippen LogP contribution is -2.44. The number of nitrogens with zero attached hydrogens (tertiary/aromatic N) is 4. The van der Waals surface area contributed by atoms with Crippen LogP contribution in [0, 0.1) is 0 Å². The van der Waals surface area contributed by atoms with Gasteiger partial charge in [0.25, 0.3) is 0 Å². The number of rotatable bonds is 5. The molecule has 1 fully saturated rings. The van der Waals surface area contributed by atoms with Gasteiger partial charge in [-0.2, -0.15) is 5.10 Å². The molecule has 3 heterocycles. The van der Waals surface area contributed by atoms with E-state index in [0.29, 0.717) is 0 Å². The second-order valence-corrected chi connectivity index (χ2v) is 6.75. The highest BCUT2D eigenvalue weighted by molar-refractivity contribution is 7.78. The van der Waals surface area contributed by atoms with Gasteiger partial charge in [0.15, 0.2) is 11.4 Å². The van der Waals surface area contributed by atoms with Crippen molar-refractivity contribution >= 4 is 23.6 Å².